The van der Waals surface area contributed by atoms with Crippen LogP contribution < -0.4 is 20.3 Å². The number of ketones is 1. The molecule has 0 radical (unpaired) electrons. The van der Waals surface area contributed by atoms with Gasteiger partial charge in [-0.1, -0.05) is 25.3 Å². The fraction of sp³-hybridized carbons (Fsp3) is 0.465. The summed E-state index contributed by atoms with van der Waals surface area (Å²) in [5, 5.41) is 6.28. The van der Waals surface area contributed by atoms with Crippen molar-refractivity contribution in [2.75, 3.05) is 63.6 Å². The Morgan fingerprint density at radius 1 is 0.917 bits per heavy atom. The summed E-state index contributed by atoms with van der Waals surface area (Å²) in [5.74, 6) is -1.37. The zero-order valence-electron chi connectivity index (χ0n) is 34.0. The van der Waals surface area contributed by atoms with Crippen LogP contribution >= 0.6 is 0 Å². The van der Waals surface area contributed by atoms with Gasteiger partial charge in [-0.15, -0.1) is 0 Å². The van der Waals surface area contributed by atoms with Crippen molar-refractivity contribution < 1.29 is 33.5 Å². The second-order valence-electron chi connectivity index (χ2n) is 16.1. The molecule has 3 fully saturated rings. The van der Waals surface area contributed by atoms with Crippen LogP contribution in [0.3, 0.4) is 0 Å². The van der Waals surface area contributed by atoms with E-state index in [1.165, 1.54) is 12.1 Å². The van der Waals surface area contributed by atoms with E-state index in [9.17, 15) is 28.8 Å². The topological polar surface area (TPSA) is 192 Å². The molecule has 0 spiro atoms. The van der Waals surface area contributed by atoms with Crippen LogP contribution in [0.15, 0.2) is 48.8 Å². The van der Waals surface area contributed by atoms with Crippen molar-refractivity contribution in [3.63, 3.8) is 0 Å². The van der Waals surface area contributed by atoms with E-state index in [1.54, 1.807) is 31.3 Å². The average Bonchev–Trinajstić information content (AvgIpc) is 3.97. The van der Waals surface area contributed by atoms with Crippen molar-refractivity contribution in [3.05, 3.63) is 65.6 Å². The summed E-state index contributed by atoms with van der Waals surface area (Å²) in [6.45, 7) is 4.29. The molecule has 8 rings (SSSR count). The van der Waals surface area contributed by atoms with Crippen molar-refractivity contribution in [1.82, 2.24) is 39.5 Å². The number of nitrogens with one attached hydrogen (secondary N) is 2. The third-order valence-corrected chi connectivity index (χ3v) is 11.9. The van der Waals surface area contributed by atoms with Gasteiger partial charge in [0.05, 0.1) is 23.0 Å². The number of benzene rings is 1. The molecule has 6 heterocycles. The van der Waals surface area contributed by atoms with E-state index in [4.69, 9.17) is 9.72 Å². The number of anilines is 3. The highest BCUT2D eigenvalue weighted by atomic mass is 16.5. The van der Waals surface area contributed by atoms with E-state index in [2.05, 4.69) is 41.0 Å². The summed E-state index contributed by atoms with van der Waals surface area (Å²) in [6, 6.07) is 9.65. The highest BCUT2D eigenvalue weighted by molar-refractivity contribution is 6.24. The number of pyridine rings is 1. The predicted octanol–water partition coefficient (Wildman–Crippen LogP) is 4.12. The lowest BCUT2D eigenvalue weighted by atomic mass is 10.0. The molecule has 60 heavy (non-hydrogen) atoms. The van der Waals surface area contributed by atoms with Gasteiger partial charge < -0.3 is 24.4 Å². The largest absolute Gasteiger partial charge is 0.485 e. The summed E-state index contributed by atoms with van der Waals surface area (Å²) >= 11 is 0. The first-order chi connectivity index (χ1) is 29.0. The maximum atomic E-state index is 13.3. The number of imide groups is 2. The van der Waals surface area contributed by atoms with Crippen LogP contribution in [-0.4, -0.2) is 129 Å². The number of hydrogen-bond donors (Lipinski definition) is 2. The van der Waals surface area contributed by atoms with E-state index in [0.717, 1.165) is 92.9 Å². The fourth-order valence-electron chi connectivity index (χ4n) is 8.65. The lowest BCUT2D eigenvalue weighted by Gasteiger charge is -2.36. The van der Waals surface area contributed by atoms with E-state index in [0.29, 0.717) is 30.3 Å². The first-order valence-electron chi connectivity index (χ1n) is 20.8. The average molecular weight is 819 g/mol. The van der Waals surface area contributed by atoms with Crippen LogP contribution in [0.25, 0.3) is 11.0 Å². The van der Waals surface area contributed by atoms with Crippen molar-refractivity contribution in [2.24, 2.45) is 0 Å². The van der Waals surface area contributed by atoms with Gasteiger partial charge in [-0.3, -0.25) is 43.9 Å². The van der Waals surface area contributed by atoms with Crippen molar-refractivity contribution in [2.45, 2.75) is 76.3 Å². The maximum Gasteiger partial charge on any atom is 0.270 e. The molecule has 1 aliphatic carbocycles. The minimum absolute atomic E-state index is 0.0305. The third kappa shape index (κ3) is 8.44. The molecule has 4 aliphatic rings. The molecule has 17 heteroatoms. The van der Waals surface area contributed by atoms with Gasteiger partial charge in [-0.05, 0) is 69.0 Å². The number of carbonyl (C=O) groups is 6. The Kier molecular flexibility index (Phi) is 11.9. The fourth-order valence-corrected chi connectivity index (χ4v) is 8.65. The molecule has 5 amide bonds. The highest BCUT2D eigenvalue weighted by Crippen LogP contribution is 2.36. The SMILES string of the molecule is CN(C)C(=O)c1cc2cnc(Nc3ccc(N4CCN(CCCCCC(=O)COc5cccc6c5C(=O)N(C5CCC(=O)NC5=O)C6=O)CC4)cn3)nc2n1C1CCCC1. The predicted molar refractivity (Wildman–Crippen MR) is 221 cm³/mol. The van der Waals surface area contributed by atoms with E-state index in [-0.39, 0.29) is 54.1 Å². The van der Waals surface area contributed by atoms with Crippen LogP contribution in [0.4, 0.5) is 17.5 Å². The number of Topliss-reactive ketones (excluding diaryl/α,β-unsaturated/α-hetero) is 1. The first-order valence-corrected chi connectivity index (χ1v) is 20.8. The molecule has 3 aromatic heterocycles. The van der Waals surface area contributed by atoms with Gasteiger partial charge in [-0.25, -0.2) is 9.97 Å². The van der Waals surface area contributed by atoms with Crippen LogP contribution in [0.1, 0.15) is 101 Å². The second-order valence-corrected chi connectivity index (χ2v) is 16.1. The standard InChI is InChI=1S/C43H50N10O7/c1-49(2)41(58)33-23-27-24-45-43(48-38(27)52(33)28-9-5-6-10-28)46-35-16-14-29(25-44-35)51-21-19-50(20-22-51)18-7-3-4-11-30(54)26-60-34-13-8-12-31-37(34)42(59)53(40(31)57)32-15-17-36(55)47-39(32)56/h8,12-14,16,23-25,28,32H,3-7,9-11,15,17-22,26H2,1-2H3,(H,47,55,56)(H,44,45,46,48). The lowest BCUT2D eigenvalue weighted by molar-refractivity contribution is -0.136. The number of carbonyl (C=O) groups excluding carboxylic acids is 6. The Hall–Kier alpha value is -6.23. The van der Waals surface area contributed by atoms with Crippen molar-refractivity contribution >= 4 is 63.8 Å². The molecular weight excluding hydrogens is 769 g/mol. The molecule has 2 saturated heterocycles. The molecule has 1 saturated carbocycles. The van der Waals surface area contributed by atoms with Crippen molar-refractivity contribution in [1.29, 1.82) is 0 Å². The summed E-state index contributed by atoms with van der Waals surface area (Å²) in [7, 11) is 3.53. The van der Waals surface area contributed by atoms with Gasteiger partial charge in [0, 0.05) is 70.7 Å². The number of piperazine rings is 1. The monoisotopic (exact) mass is 818 g/mol. The Morgan fingerprint density at radius 3 is 2.45 bits per heavy atom. The number of ether oxygens (including phenoxy) is 1. The van der Waals surface area contributed by atoms with Crippen LogP contribution in [0, 0.1) is 0 Å². The number of aromatic nitrogens is 4. The minimum Gasteiger partial charge on any atom is -0.485 e. The molecule has 1 aromatic carbocycles. The zero-order chi connectivity index (χ0) is 41.9. The molecular formula is C43H50N10O7. The molecule has 1 atom stereocenters. The van der Waals surface area contributed by atoms with E-state index < -0.39 is 29.7 Å². The Bertz CT molecular complexity index is 2310. The van der Waals surface area contributed by atoms with Crippen LogP contribution in [0.2, 0.25) is 0 Å². The second kappa shape index (κ2) is 17.6. The molecule has 0 bridgehead atoms. The van der Waals surface area contributed by atoms with Gasteiger partial charge >= 0.3 is 0 Å². The minimum atomic E-state index is -1.07. The molecule has 3 aliphatic heterocycles. The van der Waals surface area contributed by atoms with Gasteiger partial charge in [0.1, 0.15) is 35.6 Å². The number of rotatable bonds is 15. The maximum absolute atomic E-state index is 13.3. The smallest absolute Gasteiger partial charge is 0.270 e. The number of fused-ring (bicyclic) bond motifs is 2. The normalized spacial score (nSPS) is 18.6. The molecule has 2 N–H and O–H groups in total. The summed E-state index contributed by atoms with van der Waals surface area (Å²) in [4.78, 5) is 97.4. The highest BCUT2D eigenvalue weighted by Gasteiger charge is 2.46. The number of piperidine rings is 1. The third-order valence-electron chi connectivity index (χ3n) is 11.9. The number of hydrogen-bond acceptors (Lipinski definition) is 13. The Labute approximate surface area is 347 Å². The number of nitrogens with zero attached hydrogens (tertiary/aromatic N) is 8. The van der Waals surface area contributed by atoms with Gasteiger partial charge in [-0.2, -0.15) is 4.98 Å². The summed E-state index contributed by atoms with van der Waals surface area (Å²) < 4.78 is 7.85. The van der Waals surface area contributed by atoms with Gasteiger partial charge in [0.2, 0.25) is 17.8 Å². The number of amides is 5. The van der Waals surface area contributed by atoms with Crippen molar-refractivity contribution in [3.8, 4) is 5.75 Å². The summed E-state index contributed by atoms with van der Waals surface area (Å²) in [5.41, 5.74) is 2.59. The van der Waals surface area contributed by atoms with E-state index >= 15 is 0 Å². The summed E-state index contributed by atoms with van der Waals surface area (Å²) in [6.07, 6.45) is 10.9. The Balaban J connectivity index is 0.756. The van der Waals surface area contributed by atoms with Gasteiger partial charge in [0.25, 0.3) is 17.7 Å². The molecule has 4 aromatic rings. The quantitative estimate of drug-likeness (QED) is 0.129. The van der Waals surface area contributed by atoms with Gasteiger partial charge in [0.15, 0.2) is 5.78 Å². The first kappa shape index (κ1) is 40.5. The van der Waals surface area contributed by atoms with Crippen LogP contribution in [0.5, 0.6) is 5.75 Å². The zero-order valence-corrected chi connectivity index (χ0v) is 34.0. The van der Waals surface area contributed by atoms with Crippen LogP contribution in [-0.2, 0) is 14.4 Å². The lowest BCUT2D eigenvalue weighted by Crippen LogP contribution is -2.54. The molecule has 314 valence electrons. The Morgan fingerprint density at radius 2 is 1.72 bits per heavy atom. The number of unbranched alkanes of at least 4 members (excludes halogenated alkanes) is 2. The van der Waals surface area contributed by atoms with E-state index in [1.807, 2.05) is 18.3 Å². The molecule has 17 nitrogen and oxygen atoms in total. The molecule has 1 unspecified atom stereocenters.